The summed E-state index contributed by atoms with van der Waals surface area (Å²) in [6, 6.07) is 8.20. The first-order chi connectivity index (χ1) is 9.21. The van der Waals surface area contributed by atoms with E-state index < -0.39 is 0 Å². The molecule has 0 spiro atoms. The Balaban J connectivity index is 1.85. The van der Waals surface area contributed by atoms with Crippen molar-refractivity contribution < 1.29 is 9.47 Å². The van der Waals surface area contributed by atoms with Crippen LogP contribution in [0.15, 0.2) is 42.0 Å². The number of fused-ring (bicyclic) bond motifs is 1. The van der Waals surface area contributed by atoms with Gasteiger partial charge in [0.2, 0.25) is 0 Å². The Morgan fingerprint density at radius 1 is 1.32 bits per heavy atom. The molecule has 2 atom stereocenters. The maximum atomic E-state index is 5.99. The first kappa shape index (κ1) is 12.5. The van der Waals surface area contributed by atoms with Gasteiger partial charge in [0.1, 0.15) is 5.75 Å². The summed E-state index contributed by atoms with van der Waals surface area (Å²) in [6.07, 6.45) is 9.09. The van der Waals surface area contributed by atoms with Crippen LogP contribution in [-0.4, -0.2) is 19.3 Å². The largest absolute Gasteiger partial charge is 0.497 e. The minimum Gasteiger partial charge on any atom is -0.497 e. The van der Waals surface area contributed by atoms with E-state index in [-0.39, 0.29) is 5.60 Å². The second kappa shape index (κ2) is 4.86. The molecule has 1 aliphatic carbocycles. The van der Waals surface area contributed by atoms with Crippen LogP contribution in [0.5, 0.6) is 5.75 Å². The third kappa shape index (κ3) is 2.33. The van der Waals surface area contributed by atoms with Gasteiger partial charge in [0, 0.05) is 5.92 Å². The molecule has 1 fully saturated rings. The monoisotopic (exact) mass is 256 g/mol. The van der Waals surface area contributed by atoms with Crippen molar-refractivity contribution in [3.05, 3.63) is 47.6 Å². The first-order valence-electron chi connectivity index (χ1n) is 6.87. The van der Waals surface area contributed by atoms with Gasteiger partial charge in [-0.2, -0.15) is 0 Å². The summed E-state index contributed by atoms with van der Waals surface area (Å²) in [5, 5.41) is 0. The first-order valence-corrected chi connectivity index (χ1v) is 6.87. The summed E-state index contributed by atoms with van der Waals surface area (Å²) >= 11 is 0. The number of ether oxygens (including phenoxy) is 2. The van der Waals surface area contributed by atoms with Crippen LogP contribution in [-0.2, 0) is 4.74 Å². The minimum atomic E-state index is -0.0868. The van der Waals surface area contributed by atoms with E-state index in [2.05, 4.69) is 37.3 Å². The molecule has 0 aromatic heterocycles. The van der Waals surface area contributed by atoms with Gasteiger partial charge in [0.25, 0.3) is 0 Å². The van der Waals surface area contributed by atoms with Gasteiger partial charge in [0.05, 0.1) is 19.3 Å². The highest BCUT2D eigenvalue weighted by molar-refractivity contribution is 5.56. The smallest absolute Gasteiger partial charge is 0.118 e. The highest BCUT2D eigenvalue weighted by Crippen LogP contribution is 2.43. The van der Waals surface area contributed by atoms with Crippen molar-refractivity contribution in [3.8, 4) is 5.75 Å². The van der Waals surface area contributed by atoms with Crippen molar-refractivity contribution in [2.45, 2.75) is 25.4 Å². The number of hydrogen-bond donors (Lipinski definition) is 0. The molecule has 0 unspecified atom stereocenters. The van der Waals surface area contributed by atoms with Gasteiger partial charge < -0.3 is 9.47 Å². The van der Waals surface area contributed by atoms with Crippen LogP contribution in [0.4, 0.5) is 0 Å². The standard InChI is InChI=1S/C17H20O2/c1-17-10-4-3-5-16(17)14(12-19-17)11-13-6-8-15(18-2)9-7-13/h4,6-11,16H,3,5,12H2,1-2H3/b14-11-/t16-,17-/m0/s1. The van der Waals surface area contributed by atoms with E-state index in [1.165, 1.54) is 17.6 Å². The molecule has 0 N–H and O–H groups in total. The highest BCUT2D eigenvalue weighted by atomic mass is 16.5. The Morgan fingerprint density at radius 3 is 2.84 bits per heavy atom. The lowest BCUT2D eigenvalue weighted by atomic mass is 9.78. The van der Waals surface area contributed by atoms with Gasteiger partial charge in [-0.05, 0) is 43.0 Å². The third-order valence-corrected chi connectivity index (χ3v) is 4.23. The molecule has 0 amide bonds. The van der Waals surface area contributed by atoms with E-state index in [9.17, 15) is 0 Å². The number of methoxy groups -OCH3 is 1. The van der Waals surface area contributed by atoms with Crippen LogP contribution in [0.2, 0.25) is 0 Å². The zero-order chi connectivity index (χ0) is 13.3. The van der Waals surface area contributed by atoms with Gasteiger partial charge in [-0.25, -0.2) is 0 Å². The zero-order valence-electron chi connectivity index (χ0n) is 11.6. The predicted octanol–water partition coefficient (Wildman–Crippen LogP) is 3.83. The van der Waals surface area contributed by atoms with Gasteiger partial charge in [-0.3, -0.25) is 0 Å². The summed E-state index contributed by atoms with van der Waals surface area (Å²) in [7, 11) is 1.69. The maximum Gasteiger partial charge on any atom is 0.118 e. The zero-order valence-corrected chi connectivity index (χ0v) is 11.6. The van der Waals surface area contributed by atoms with Crippen LogP contribution in [0.3, 0.4) is 0 Å². The molecular weight excluding hydrogens is 236 g/mol. The van der Waals surface area contributed by atoms with Crippen LogP contribution < -0.4 is 4.74 Å². The van der Waals surface area contributed by atoms with Crippen molar-refractivity contribution in [1.29, 1.82) is 0 Å². The lowest BCUT2D eigenvalue weighted by molar-refractivity contribution is 0.0315. The number of allylic oxidation sites excluding steroid dienone is 1. The topological polar surface area (TPSA) is 18.5 Å². The third-order valence-electron chi connectivity index (χ3n) is 4.23. The molecule has 0 radical (unpaired) electrons. The van der Waals surface area contributed by atoms with Crippen molar-refractivity contribution in [3.63, 3.8) is 0 Å². The number of benzene rings is 1. The van der Waals surface area contributed by atoms with Gasteiger partial charge in [-0.15, -0.1) is 0 Å². The lowest BCUT2D eigenvalue weighted by Gasteiger charge is -2.30. The average Bonchev–Trinajstić information content (AvgIpc) is 2.77. The summed E-state index contributed by atoms with van der Waals surface area (Å²) in [5.74, 6) is 1.43. The van der Waals surface area contributed by atoms with E-state index >= 15 is 0 Å². The second-order valence-electron chi connectivity index (χ2n) is 5.50. The normalized spacial score (nSPS) is 31.5. The highest BCUT2D eigenvalue weighted by Gasteiger charge is 2.42. The quantitative estimate of drug-likeness (QED) is 0.749. The minimum absolute atomic E-state index is 0.0868. The van der Waals surface area contributed by atoms with Crippen molar-refractivity contribution in [2.75, 3.05) is 13.7 Å². The van der Waals surface area contributed by atoms with Crippen LogP contribution in [0, 0.1) is 5.92 Å². The van der Waals surface area contributed by atoms with Gasteiger partial charge in [0.15, 0.2) is 0 Å². The SMILES string of the molecule is COc1ccc(/C=C2/CO[C@@]3(C)C=CCC[C@@H]23)cc1. The Bertz CT molecular complexity index is 513. The van der Waals surface area contributed by atoms with E-state index in [4.69, 9.17) is 9.47 Å². The second-order valence-corrected chi connectivity index (χ2v) is 5.50. The van der Waals surface area contributed by atoms with Crippen molar-refractivity contribution in [1.82, 2.24) is 0 Å². The summed E-state index contributed by atoms with van der Waals surface area (Å²) in [5.41, 5.74) is 2.55. The average molecular weight is 256 g/mol. The van der Waals surface area contributed by atoms with Crippen LogP contribution in [0.1, 0.15) is 25.3 Å². The Hall–Kier alpha value is -1.54. The van der Waals surface area contributed by atoms with E-state index in [0.717, 1.165) is 18.8 Å². The fourth-order valence-electron chi connectivity index (χ4n) is 3.08. The number of rotatable bonds is 2. The fraction of sp³-hybridized carbons (Fsp3) is 0.412. The molecule has 1 aromatic carbocycles. The molecule has 2 heteroatoms. The van der Waals surface area contributed by atoms with Gasteiger partial charge in [-0.1, -0.05) is 30.4 Å². The summed E-state index contributed by atoms with van der Waals surface area (Å²) in [4.78, 5) is 0. The van der Waals surface area contributed by atoms with E-state index in [1.54, 1.807) is 7.11 Å². The molecule has 1 heterocycles. The molecule has 0 saturated carbocycles. The molecule has 3 rings (SSSR count). The molecule has 0 bridgehead atoms. The fourth-order valence-corrected chi connectivity index (χ4v) is 3.08. The molecule has 2 nitrogen and oxygen atoms in total. The Labute approximate surface area is 114 Å². The van der Waals surface area contributed by atoms with E-state index in [0.29, 0.717) is 5.92 Å². The molecule has 1 aliphatic heterocycles. The van der Waals surface area contributed by atoms with Crippen LogP contribution in [0.25, 0.3) is 6.08 Å². The van der Waals surface area contributed by atoms with Crippen LogP contribution >= 0.6 is 0 Å². The molecule has 2 aliphatic rings. The van der Waals surface area contributed by atoms with Gasteiger partial charge >= 0.3 is 0 Å². The van der Waals surface area contributed by atoms with Crippen molar-refractivity contribution in [2.24, 2.45) is 5.92 Å². The Morgan fingerprint density at radius 2 is 2.11 bits per heavy atom. The number of hydrogen-bond acceptors (Lipinski definition) is 2. The Kier molecular flexibility index (Phi) is 3.19. The molecule has 19 heavy (non-hydrogen) atoms. The molecule has 1 saturated heterocycles. The molecule has 100 valence electrons. The molecule has 1 aromatic rings. The summed E-state index contributed by atoms with van der Waals surface area (Å²) in [6.45, 7) is 2.94. The predicted molar refractivity (Wildman–Crippen MR) is 77.2 cm³/mol. The maximum absolute atomic E-state index is 5.99. The van der Waals surface area contributed by atoms with E-state index in [1.807, 2.05) is 12.1 Å². The van der Waals surface area contributed by atoms with Crippen molar-refractivity contribution >= 4 is 6.08 Å². The molecular formula is C17H20O2. The lowest BCUT2D eigenvalue weighted by Crippen LogP contribution is -2.31. The summed E-state index contributed by atoms with van der Waals surface area (Å²) < 4.78 is 11.2.